The van der Waals surface area contributed by atoms with Crippen molar-refractivity contribution in [3.05, 3.63) is 76.7 Å². The molecule has 0 bridgehead atoms. The molecule has 0 spiro atoms. The van der Waals surface area contributed by atoms with E-state index in [2.05, 4.69) is 16.3 Å². The molecule has 1 aromatic carbocycles. The fourth-order valence-electron chi connectivity index (χ4n) is 4.44. The molecule has 0 aliphatic carbocycles. The predicted octanol–water partition coefficient (Wildman–Crippen LogP) is 3.17. The van der Waals surface area contributed by atoms with Crippen molar-refractivity contribution in [1.29, 1.82) is 0 Å². The highest BCUT2D eigenvalue weighted by Gasteiger charge is 2.53. The molecule has 1 N–H and O–H groups in total. The number of likely N-dealkylation sites (tertiary alicyclic amines) is 2. The summed E-state index contributed by atoms with van der Waals surface area (Å²) >= 11 is 0. The van der Waals surface area contributed by atoms with Crippen molar-refractivity contribution >= 4 is 12.0 Å². The van der Waals surface area contributed by atoms with Gasteiger partial charge < -0.3 is 24.3 Å². The van der Waals surface area contributed by atoms with Gasteiger partial charge in [0.1, 0.15) is 12.4 Å². The second kappa shape index (κ2) is 8.88. The molecule has 4 rings (SSSR count). The molecule has 2 saturated heterocycles. The average molecular weight is 477 g/mol. The minimum atomic E-state index is -4.77. The number of hydrogen-bond acceptors (Lipinski definition) is 5. The molecule has 1 aromatic heterocycles. The largest absolute Gasteiger partial charge is 0.573 e. The lowest BCUT2D eigenvalue weighted by molar-refractivity contribution is -0.274. The minimum absolute atomic E-state index is 0.0249. The summed E-state index contributed by atoms with van der Waals surface area (Å²) in [5.74, 6) is -0.592. The molecule has 11 heteroatoms. The highest BCUT2D eigenvalue weighted by Crippen LogP contribution is 2.44. The Labute approximate surface area is 192 Å². The summed E-state index contributed by atoms with van der Waals surface area (Å²) in [6.45, 7) is 5.32. The number of fused-ring (bicyclic) bond motifs is 1. The van der Waals surface area contributed by atoms with Gasteiger partial charge in [0.05, 0.1) is 5.56 Å². The summed E-state index contributed by atoms with van der Waals surface area (Å²) in [5.41, 5.74) is 0.116. The Bertz CT molecular complexity index is 1130. The maximum absolute atomic E-state index is 12.8. The van der Waals surface area contributed by atoms with Gasteiger partial charge in [-0.2, -0.15) is 0 Å². The summed E-state index contributed by atoms with van der Waals surface area (Å²) in [7, 11) is 0. The maximum atomic E-state index is 12.8. The topological polar surface area (TPSA) is 91.9 Å². The van der Waals surface area contributed by atoms with Gasteiger partial charge in [0.25, 0.3) is 5.91 Å². The number of aromatic amines is 1. The summed E-state index contributed by atoms with van der Waals surface area (Å²) in [6.07, 6.45) is -2.18. The Hall–Kier alpha value is -3.76. The van der Waals surface area contributed by atoms with Crippen molar-refractivity contribution in [2.75, 3.05) is 26.2 Å². The summed E-state index contributed by atoms with van der Waals surface area (Å²) in [4.78, 5) is 42.4. The molecular weight excluding hydrogens is 455 g/mol. The van der Waals surface area contributed by atoms with Crippen molar-refractivity contribution in [2.24, 2.45) is 11.3 Å². The summed E-state index contributed by atoms with van der Waals surface area (Å²) < 4.78 is 45.9. The van der Waals surface area contributed by atoms with Crippen molar-refractivity contribution < 1.29 is 32.2 Å². The SMILES string of the molecule is C=CC12CN(C(=O)OCc3ccc(OC(F)(F)F)cc3)CC1CN(C(=O)c1ccc(=O)[nH]c1)C2. The lowest BCUT2D eigenvalue weighted by atomic mass is 9.81. The van der Waals surface area contributed by atoms with Crippen LogP contribution in [0.1, 0.15) is 15.9 Å². The minimum Gasteiger partial charge on any atom is -0.445 e. The van der Waals surface area contributed by atoms with Gasteiger partial charge in [0.15, 0.2) is 0 Å². The van der Waals surface area contributed by atoms with Crippen LogP contribution in [0.3, 0.4) is 0 Å². The second-order valence-electron chi connectivity index (χ2n) is 8.39. The van der Waals surface area contributed by atoms with Gasteiger partial charge in [0.2, 0.25) is 5.56 Å². The lowest BCUT2D eigenvalue weighted by Crippen LogP contribution is -2.38. The Kier molecular flexibility index (Phi) is 6.11. The van der Waals surface area contributed by atoms with Crippen LogP contribution < -0.4 is 10.3 Å². The van der Waals surface area contributed by atoms with E-state index in [1.54, 1.807) is 15.9 Å². The molecule has 2 aromatic rings. The van der Waals surface area contributed by atoms with E-state index < -0.39 is 17.9 Å². The third kappa shape index (κ3) is 4.92. The van der Waals surface area contributed by atoms with Crippen molar-refractivity contribution in [2.45, 2.75) is 13.0 Å². The van der Waals surface area contributed by atoms with Crippen LogP contribution in [0.15, 0.2) is 60.0 Å². The van der Waals surface area contributed by atoms with Crippen LogP contribution in [0.5, 0.6) is 5.75 Å². The molecule has 2 aliphatic rings. The van der Waals surface area contributed by atoms with Gasteiger partial charge in [0, 0.05) is 49.8 Å². The summed E-state index contributed by atoms with van der Waals surface area (Å²) in [5, 5.41) is 0. The number of carbonyl (C=O) groups is 2. The van der Waals surface area contributed by atoms with E-state index in [1.165, 1.54) is 30.5 Å². The third-order valence-corrected chi connectivity index (χ3v) is 6.17. The highest BCUT2D eigenvalue weighted by molar-refractivity contribution is 5.94. The van der Waals surface area contributed by atoms with Crippen LogP contribution in [-0.2, 0) is 11.3 Å². The first-order valence-electron chi connectivity index (χ1n) is 10.5. The Morgan fingerprint density at radius 3 is 2.38 bits per heavy atom. The number of nitrogens with one attached hydrogen (secondary N) is 1. The van der Waals surface area contributed by atoms with E-state index in [0.29, 0.717) is 37.3 Å². The van der Waals surface area contributed by atoms with Crippen LogP contribution >= 0.6 is 0 Å². The number of carbonyl (C=O) groups excluding carboxylic acids is 2. The molecule has 2 aliphatic heterocycles. The van der Waals surface area contributed by atoms with Gasteiger partial charge in [-0.25, -0.2) is 4.79 Å². The number of nitrogens with zero attached hydrogens (tertiary/aromatic N) is 2. The van der Waals surface area contributed by atoms with E-state index in [9.17, 15) is 27.6 Å². The first kappa shape index (κ1) is 23.4. The maximum Gasteiger partial charge on any atom is 0.573 e. The molecule has 0 radical (unpaired) electrons. The van der Waals surface area contributed by atoms with Crippen LogP contribution in [-0.4, -0.2) is 59.3 Å². The number of pyridine rings is 1. The number of alkyl halides is 3. The number of aromatic nitrogens is 1. The fraction of sp³-hybridized carbons (Fsp3) is 0.348. The predicted molar refractivity (Wildman–Crippen MR) is 114 cm³/mol. The van der Waals surface area contributed by atoms with E-state index in [1.807, 2.05) is 0 Å². The number of halogens is 3. The second-order valence-corrected chi connectivity index (χ2v) is 8.39. The van der Waals surface area contributed by atoms with Gasteiger partial charge >= 0.3 is 12.5 Å². The highest BCUT2D eigenvalue weighted by atomic mass is 19.4. The van der Waals surface area contributed by atoms with Gasteiger partial charge in [-0.15, -0.1) is 19.8 Å². The quantitative estimate of drug-likeness (QED) is 0.668. The van der Waals surface area contributed by atoms with Gasteiger partial charge in [-0.3, -0.25) is 9.59 Å². The number of H-pyrrole nitrogens is 1. The molecule has 2 amide bonds. The van der Waals surface area contributed by atoms with Gasteiger partial charge in [-0.1, -0.05) is 18.2 Å². The molecule has 180 valence electrons. The molecule has 2 atom stereocenters. The van der Waals surface area contributed by atoms with Crippen LogP contribution in [0, 0.1) is 11.3 Å². The molecule has 2 unspecified atom stereocenters. The molecule has 34 heavy (non-hydrogen) atoms. The molecule has 0 saturated carbocycles. The number of rotatable bonds is 5. The van der Waals surface area contributed by atoms with E-state index >= 15 is 0 Å². The van der Waals surface area contributed by atoms with Crippen LogP contribution in [0.4, 0.5) is 18.0 Å². The Balaban J connectivity index is 1.33. The van der Waals surface area contributed by atoms with Gasteiger partial charge in [-0.05, 0) is 23.8 Å². The Morgan fingerprint density at radius 1 is 1.12 bits per heavy atom. The van der Waals surface area contributed by atoms with Crippen LogP contribution in [0.25, 0.3) is 0 Å². The average Bonchev–Trinajstić information content (AvgIpc) is 3.32. The van der Waals surface area contributed by atoms with Crippen molar-refractivity contribution in [1.82, 2.24) is 14.8 Å². The molecule has 8 nitrogen and oxygen atoms in total. The standard InChI is InChI=1S/C23H22F3N3O5/c1-2-22-13-28(20(31)16-5-8-19(30)27-9-16)10-17(22)11-29(14-22)21(32)33-12-15-3-6-18(7-4-15)34-23(24,25)26/h2-9,17H,1,10-14H2,(H,27,30). The van der Waals surface area contributed by atoms with Crippen molar-refractivity contribution in [3.63, 3.8) is 0 Å². The zero-order valence-electron chi connectivity index (χ0n) is 18.0. The number of amides is 2. The zero-order chi connectivity index (χ0) is 24.5. The Morgan fingerprint density at radius 2 is 1.79 bits per heavy atom. The normalized spacial score (nSPS) is 21.8. The number of hydrogen-bond donors (Lipinski definition) is 1. The molecular formula is C23H22F3N3O5. The lowest BCUT2D eigenvalue weighted by Gasteiger charge is -2.26. The third-order valence-electron chi connectivity index (χ3n) is 6.17. The molecule has 3 heterocycles. The van der Waals surface area contributed by atoms with E-state index in [4.69, 9.17) is 4.74 Å². The van der Waals surface area contributed by atoms with Crippen molar-refractivity contribution in [3.8, 4) is 5.75 Å². The van der Waals surface area contributed by atoms with Crippen LogP contribution in [0.2, 0.25) is 0 Å². The zero-order valence-corrected chi connectivity index (χ0v) is 18.0. The summed E-state index contributed by atoms with van der Waals surface area (Å²) in [6, 6.07) is 7.84. The number of ether oxygens (including phenoxy) is 2. The van der Waals surface area contributed by atoms with E-state index in [-0.39, 0.29) is 29.7 Å². The molecule has 2 fully saturated rings. The first-order chi connectivity index (χ1) is 16.1. The monoisotopic (exact) mass is 477 g/mol. The van der Waals surface area contributed by atoms with E-state index in [0.717, 1.165) is 12.1 Å². The number of benzene rings is 1. The first-order valence-corrected chi connectivity index (χ1v) is 10.5. The fourth-order valence-corrected chi connectivity index (χ4v) is 4.44. The smallest absolute Gasteiger partial charge is 0.445 e.